The molecule has 2 rings (SSSR count). The van der Waals surface area contributed by atoms with Gasteiger partial charge < -0.3 is 0 Å². The molecule has 6 heteroatoms. The first-order valence-electron chi connectivity index (χ1n) is 7.15. The Morgan fingerprint density at radius 2 is 2.05 bits per heavy atom. The molecule has 1 aromatic carbocycles. The zero-order valence-corrected chi connectivity index (χ0v) is 12.8. The van der Waals surface area contributed by atoms with E-state index in [9.17, 15) is 12.8 Å². The van der Waals surface area contributed by atoms with E-state index < -0.39 is 21.4 Å². The molecular formula is C15H19FN2O2S. The second kappa shape index (κ2) is 6.54. The normalized spacial score (nSPS) is 23.3. The number of nitrogens with one attached hydrogen (secondary N) is 1. The minimum atomic E-state index is -3.87. The van der Waals surface area contributed by atoms with Crippen molar-refractivity contribution in [3.05, 3.63) is 29.6 Å². The summed E-state index contributed by atoms with van der Waals surface area (Å²) >= 11 is 0. The largest absolute Gasteiger partial charge is 0.242 e. The predicted octanol–water partition coefficient (Wildman–Crippen LogP) is 2.94. The van der Waals surface area contributed by atoms with Crippen molar-refractivity contribution in [2.45, 2.75) is 50.0 Å². The molecule has 0 bridgehead atoms. The number of nitrogens with zero attached hydrogens (tertiary/aromatic N) is 1. The van der Waals surface area contributed by atoms with Gasteiger partial charge in [-0.25, -0.2) is 17.5 Å². The molecule has 114 valence electrons. The van der Waals surface area contributed by atoms with Crippen LogP contribution in [0.1, 0.15) is 44.6 Å². The van der Waals surface area contributed by atoms with Crippen molar-refractivity contribution in [2.75, 3.05) is 0 Å². The minimum absolute atomic E-state index is 0.144. The SMILES string of the molecule is CC1CCCC(NS(=O)(=O)c2cccc(F)c2C#N)CC1. The number of nitriles is 1. The van der Waals surface area contributed by atoms with Gasteiger partial charge in [-0.3, -0.25) is 0 Å². The van der Waals surface area contributed by atoms with Gasteiger partial charge in [0, 0.05) is 6.04 Å². The van der Waals surface area contributed by atoms with Gasteiger partial charge in [0.1, 0.15) is 22.3 Å². The molecule has 21 heavy (non-hydrogen) atoms. The van der Waals surface area contributed by atoms with Crippen molar-refractivity contribution < 1.29 is 12.8 Å². The van der Waals surface area contributed by atoms with E-state index in [1.54, 1.807) is 6.07 Å². The topological polar surface area (TPSA) is 70.0 Å². The third-order valence-electron chi connectivity index (χ3n) is 3.96. The van der Waals surface area contributed by atoms with Crippen molar-refractivity contribution >= 4 is 10.0 Å². The fourth-order valence-electron chi connectivity index (χ4n) is 2.72. The lowest BCUT2D eigenvalue weighted by atomic mass is 10.0. The molecule has 0 spiro atoms. The van der Waals surface area contributed by atoms with Crippen molar-refractivity contribution in [3.63, 3.8) is 0 Å². The highest BCUT2D eigenvalue weighted by Crippen LogP contribution is 2.25. The third kappa shape index (κ3) is 3.80. The highest BCUT2D eigenvalue weighted by Gasteiger charge is 2.26. The molecule has 2 atom stereocenters. The zero-order valence-electron chi connectivity index (χ0n) is 12.0. The minimum Gasteiger partial charge on any atom is -0.208 e. The molecule has 0 aromatic heterocycles. The first-order valence-corrected chi connectivity index (χ1v) is 8.63. The summed E-state index contributed by atoms with van der Waals surface area (Å²) in [5, 5.41) is 8.97. The van der Waals surface area contributed by atoms with Crippen molar-refractivity contribution in [3.8, 4) is 6.07 Å². The Bertz CT molecular complexity index is 652. The number of halogens is 1. The maximum atomic E-state index is 13.6. The summed E-state index contributed by atoms with van der Waals surface area (Å²) in [5.74, 6) is -0.210. The Labute approximate surface area is 125 Å². The summed E-state index contributed by atoms with van der Waals surface area (Å²) in [7, 11) is -3.87. The van der Waals surface area contributed by atoms with Gasteiger partial charge >= 0.3 is 0 Å². The molecule has 0 heterocycles. The molecule has 0 amide bonds. The lowest BCUT2D eigenvalue weighted by Crippen LogP contribution is -2.35. The molecule has 1 aliphatic rings. The average molecular weight is 310 g/mol. The summed E-state index contributed by atoms with van der Waals surface area (Å²) in [6, 6.07) is 5.15. The number of benzene rings is 1. The Hall–Kier alpha value is -1.45. The van der Waals surface area contributed by atoms with Gasteiger partial charge in [-0.2, -0.15) is 5.26 Å². The molecule has 1 N–H and O–H groups in total. The van der Waals surface area contributed by atoms with Crippen LogP contribution in [0.2, 0.25) is 0 Å². The maximum Gasteiger partial charge on any atom is 0.242 e. The summed E-state index contributed by atoms with van der Waals surface area (Å²) in [6.45, 7) is 2.16. The quantitative estimate of drug-likeness (QED) is 0.873. The van der Waals surface area contributed by atoms with Gasteiger partial charge in [-0.05, 0) is 37.3 Å². The Kier molecular flexibility index (Phi) is 4.96. The maximum absolute atomic E-state index is 13.6. The number of rotatable bonds is 3. The zero-order chi connectivity index (χ0) is 15.5. The molecular weight excluding hydrogens is 291 g/mol. The van der Waals surface area contributed by atoms with Gasteiger partial charge in [0.2, 0.25) is 10.0 Å². The van der Waals surface area contributed by atoms with E-state index in [1.807, 2.05) is 0 Å². The van der Waals surface area contributed by atoms with Crippen molar-refractivity contribution in [1.82, 2.24) is 4.72 Å². The van der Waals surface area contributed by atoms with E-state index in [1.165, 1.54) is 12.1 Å². The van der Waals surface area contributed by atoms with E-state index >= 15 is 0 Å². The molecule has 0 saturated heterocycles. The molecule has 4 nitrogen and oxygen atoms in total. The standard InChI is InChI=1S/C15H19FN2O2S/c1-11-4-2-5-12(9-8-11)18-21(19,20)15-7-3-6-14(16)13(15)10-17/h3,6-7,11-12,18H,2,4-5,8-9H2,1H3. The molecule has 1 saturated carbocycles. The van der Waals surface area contributed by atoms with Crippen LogP contribution in [-0.2, 0) is 10.0 Å². The average Bonchev–Trinajstić information content (AvgIpc) is 2.63. The Balaban J connectivity index is 2.23. The second-order valence-corrected chi connectivity index (χ2v) is 7.34. The van der Waals surface area contributed by atoms with Crippen LogP contribution in [0, 0.1) is 23.1 Å². The second-order valence-electron chi connectivity index (χ2n) is 5.66. The van der Waals surface area contributed by atoms with E-state index in [0.717, 1.165) is 38.2 Å². The summed E-state index contributed by atoms with van der Waals surface area (Å²) in [4.78, 5) is -0.276. The fraction of sp³-hybridized carbons (Fsp3) is 0.533. The first-order chi connectivity index (χ1) is 9.94. The van der Waals surface area contributed by atoms with Crippen LogP contribution in [0.15, 0.2) is 23.1 Å². The van der Waals surface area contributed by atoms with Gasteiger partial charge in [0.05, 0.1) is 0 Å². The molecule has 1 fully saturated rings. The van der Waals surface area contributed by atoms with E-state index in [-0.39, 0.29) is 10.9 Å². The van der Waals surface area contributed by atoms with Gasteiger partial charge in [-0.1, -0.05) is 25.8 Å². The smallest absolute Gasteiger partial charge is 0.208 e. The first kappa shape index (κ1) is 15.9. The van der Waals surface area contributed by atoms with Crippen LogP contribution in [-0.4, -0.2) is 14.5 Å². The predicted molar refractivity (Wildman–Crippen MR) is 77.5 cm³/mol. The highest BCUT2D eigenvalue weighted by molar-refractivity contribution is 7.89. The lowest BCUT2D eigenvalue weighted by molar-refractivity contribution is 0.484. The molecule has 0 aliphatic heterocycles. The number of hydrogen-bond acceptors (Lipinski definition) is 3. The Morgan fingerprint density at radius 1 is 1.29 bits per heavy atom. The highest BCUT2D eigenvalue weighted by atomic mass is 32.2. The van der Waals surface area contributed by atoms with Crippen LogP contribution in [0.3, 0.4) is 0 Å². The molecule has 0 radical (unpaired) electrons. The molecule has 1 aromatic rings. The van der Waals surface area contributed by atoms with E-state index in [2.05, 4.69) is 11.6 Å². The monoisotopic (exact) mass is 310 g/mol. The third-order valence-corrected chi connectivity index (χ3v) is 5.52. The lowest BCUT2D eigenvalue weighted by Gasteiger charge is -2.17. The van der Waals surface area contributed by atoms with Crippen LogP contribution in [0.5, 0.6) is 0 Å². The van der Waals surface area contributed by atoms with Crippen molar-refractivity contribution in [1.29, 1.82) is 5.26 Å². The van der Waals surface area contributed by atoms with Crippen LogP contribution in [0.4, 0.5) is 4.39 Å². The molecule has 1 aliphatic carbocycles. The van der Waals surface area contributed by atoms with Crippen molar-refractivity contribution in [2.24, 2.45) is 5.92 Å². The summed E-state index contributed by atoms with van der Waals surface area (Å²) in [6.07, 6.45) is 4.60. The number of sulfonamides is 1. The van der Waals surface area contributed by atoms with E-state index in [0.29, 0.717) is 5.92 Å². The van der Waals surface area contributed by atoms with Crippen LogP contribution >= 0.6 is 0 Å². The molecule has 2 unspecified atom stereocenters. The summed E-state index contributed by atoms with van der Waals surface area (Å²) < 4.78 is 41.0. The fourth-order valence-corrected chi connectivity index (χ4v) is 4.20. The van der Waals surface area contributed by atoms with Gasteiger partial charge in [0.15, 0.2) is 0 Å². The number of hydrogen-bond donors (Lipinski definition) is 1. The van der Waals surface area contributed by atoms with Gasteiger partial charge in [0.25, 0.3) is 0 Å². The Morgan fingerprint density at radius 3 is 2.76 bits per heavy atom. The van der Waals surface area contributed by atoms with Crippen LogP contribution in [0.25, 0.3) is 0 Å². The van der Waals surface area contributed by atoms with Gasteiger partial charge in [-0.15, -0.1) is 0 Å². The summed E-state index contributed by atoms with van der Waals surface area (Å²) in [5.41, 5.74) is -0.424. The van der Waals surface area contributed by atoms with E-state index in [4.69, 9.17) is 5.26 Å². The van der Waals surface area contributed by atoms with Crippen LogP contribution < -0.4 is 4.72 Å².